The van der Waals surface area contributed by atoms with E-state index in [0.717, 1.165) is 5.56 Å². The van der Waals surface area contributed by atoms with Gasteiger partial charge in [0.1, 0.15) is 17.1 Å². The predicted molar refractivity (Wildman–Crippen MR) is 94.6 cm³/mol. The van der Waals surface area contributed by atoms with Crippen molar-refractivity contribution >= 4 is 29.2 Å². The summed E-state index contributed by atoms with van der Waals surface area (Å²) in [6, 6.07) is 10.2. The molecule has 0 saturated heterocycles. The van der Waals surface area contributed by atoms with Gasteiger partial charge in [0.15, 0.2) is 6.61 Å². The Bertz CT molecular complexity index is 791. The van der Waals surface area contributed by atoms with Crippen molar-refractivity contribution in [2.24, 2.45) is 0 Å². The lowest BCUT2D eigenvalue weighted by Gasteiger charge is -2.13. The maximum absolute atomic E-state index is 12.1. The Morgan fingerprint density at radius 1 is 1.12 bits per heavy atom. The Hall–Kier alpha value is -2.73. The fourth-order valence-electron chi connectivity index (χ4n) is 2.14. The maximum atomic E-state index is 12.1. The second-order valence-electron chi connectivity index (χ2n) is 5.13. The number of hydrogen-bond donors (Lipinski definition) is 1. The Morgan fingerprint density at radius 3 is 2.48 bits per heavy atom. The molecule has 25 heavy (non-hydrogen) atoms. The van der Waals surface area contributed by atoms with Gasteiger partial charge in [0.2, 0.25) is 0 Å². The Balaban J connectivity index is 2.10. The van der Waals surface area contributed by atoms with Crippen molar-refractivity contribution < 1.29 is 23.8 Å². The van der Waals surface area contributed by atoms with E-state index in [1.54, 1.807) is 6.07 Å². The molecular formula is C18H18ClNO5. The Labute approximate surface area is 150 Å². The first-order valence-corrected chi connectivity index (χ1v) is 7.78. The van der Waals surface area contributed by atoms with Crippen molar-refractivity contribution in [2.45, 2.75) is 6.92 Å². The molecule has 0 atom stereocenters. The van der Waals surface area contributed by atoms with Crippen molar-refractivity contribution in [1.29, 1.82) is 0 Å². The molecule has 2 rings (SSSR count). The van der Waals surface area contributed by atoms with Crippen LogP contribution in [0.25, 0.3) is 0 Å². The van der Waals surface area contributed by atoms with Gasteiger partial charge in [-0.2, -0.15) is 0 Å². The minimum atomic E-state index is -0.584. The molecule has 0 fully saturated rings. The van der Waals surface area contributed by atoms with Gasteiger partial charge in [-0.15, -0.1) is 0 Å². The average Bonchev–Trinajstić information content (AvgIpc) is 2.61. The third-order valence-corrected chi connectivity index (χ3v) is 3.73. The zero-order valence-electron chi connectivity index (χ0n) is 14.1. The molecule has 0 radical (unpaired) electrons. The van der Waals surface area contributed by atoms with Crippen LogP contribution < -0.4 is 14.8 Å². The lowest BCUT2D eigenvalue weighted by Crippen LogP contribution is -2.20. The van der Waals surface area contributed by atoms with Crippen molar-refractivity contribution in [1.82, 2.24) is 0 Å². The van der Waals surface area contributed by atoms with E-state index in [2.05, 4.69) is 10.1 Å². The molecule has 0 saturated carbocycles. The van der Waals surface area contributed by atoms with E-state index in [1.807, 2.05) is 25.1 Å². The monoisotopic (exact) mass is 363 g/mol. The highest BCUT2D eigenvalue weighted by atomic mass is 35.5. The van der Waals surface area contributed by atoms with E-state index in [0.29, 0.717) is 11.4 Å². The van der Waals surface area contributed by atoms with Crippen LogP contribution >= 0.6 is 11.6 Å². The summed E-state index contributed by atoms with van der Waals surface area (Å²) in [5.74, 6) is -0.105. The molecule has 0 aliphatic heterocycles. The van der Waals surface area contributed by atoms with Gasteiger partial charge < -0.3 is 19.5 Å². The van der Waals surface area contributed by atoms with E-state index in [-0.39, 0.29) is 22.9 Å². The highest BCUT2D eigenvalue weighted by Crippen LogP contribution is 2.31. The fraction of sp³-hybridized carbons (Fsp3) is 0.222. The molecule has 0 unspecified atom stereocenters. The SMILES string of the molecule is COC(=O)c1cc(Cl)c(NC(=O)COc2ccccc2C)cc1OC. The minimum absolute atomic E-state index is 0.171. The van der Waals surface area contributed by atoms with Crippen LogP contribution in [0.1, 0.15) is 15.9 Å². The molecule has 1 amide bonds. The number of hydrogen-bond acceptors (Lipinski definition) is 5. The van der Waals surface area contributed by atoms with Gasteiger partial charge in [-0.05, 0) is 24.6 Å². The van der Waals surface area contributed by atoms with E-state index in [9.17, 15) is 9.59 Å². The van der Waals surface area contributed by atoms with Gasteiger partial charge in [0, 0.05) is 6.07 Å². The van der Waals surface area contributed by atoms with Crippen LogP contribution in [-0.2, 0) is 9.53 Å². The number of carbonyl (C=O) groups excluding carboxylic acids is 2. The van der Waals surface area contributed by atoms with Crippen LogP contribution in [0.4, 0.5) is 5.69 Å². The number of aryl methyl sites for hydroxylation is 1. The molecule has 0 aliphatic rings. The largest absolute Gasteiger partial charge is 0.496 e. The third kappa shape index (κ3) is 4.64. The van der Waals surface area contributed by atoms with Crippen LogP contribution in [0.2, 0.25) is 5.02 Å². The Kier molecular flexibility index (Phi) is 6.25. The molecule has 6 nitrogen and oxygen atoms in total. The molecule has 0 aromatic heterocycles. The van der Waals surface area contributed by atoms with Crippen LogP contribution in [0.15, 0.2) is 36.4 Å². The lowest BCUT2D eigenvalue weighted by molar-refractivity contribution is -0.118. The van der Waals surface area contributed by atoms with Crippen LogP contribution in [0, 0.1) is 6.92 Å². The molecule has 1 N–H and O–H groups in total. The van der Waals surface area contributed by atoms with Crippen molar-refractivity contribution in [2.75, 3.05) is 26.1 Å². The summed E-state index contributed by atoms with van der Waals surface area (Å²) in [6.07, 6.45) is 0. The summed E-state index contributed by atoms with van der Waals surface area (Å²) in [7, 11) is 2.66. The van der Waals surface area contributed by atoms with Gasteiger partial charge >= 0.3 is 5.97 Å². The van der Waals surface area contributed by atoms with E-state index < -0.39 is 11.9 Å². The maximum Gasteiger partial charge on any atom is 0.341 e. The minimum Gasteiger partial charge on any atom is -0.496 e. The van der Waals surface area contributed by atoms with Crippen LogP contribution in [0.5, 0.6) is 11.5 Å². The van der Waals surface area contributed by atoms with Crippen molar-refractivity contribution in [3.63, 3.8) is 0 Å². The number of rotatable bonds is 6. The predicted octanol–water partition coefficient (Wildman–Crippen LogP) is 3.46. The normalized spacial score (nSPS) is 10.1. The van der Waals surface area contributed by atoms with Crippen LogP contribution in [-0.4, -0.2) is 32.7 Å². The lowest BCUT2D eigenvalue weighted by atomic mass is 10.1. The molecule has 2 aromatic rings. The molecular weight excluding hydrogens is 346 g/mol. The second kappa shape index (κ2) is 8.39. The number of anilines is 1. The molecule has 0 heterocycles. The topological polar surface area (TPSA) is 73.9 Å². The highest BCUT2D eigenvalue weighted by Gasteiger charge is 2.17. The number of halogens is 1. The molecule has 2 aromatic carbocycles. The number of methoxy groups -OCH3 is 2. The summed E-state index contributed by atoms with van der Waals surface area (Å²) in [4.78, 5) is 23.8. The van der Waals surface area contributed by atoms with Gasteiger partial charge in [-0.25, -0.2) is 4.79 Å². The third-order valence-electron chi connectivity index (χ3n) is 3.42. The number of ether oxygens (including phenoxy) is 3. The quantitative estimate of drug-likeness (QED) is 0.795. The number of nitrogens with one attached hydrogen (secondary N) is 1. The zero-order valence-corrected chi connectivity index (χ0v) is 14.8. The molecule has 0 bridgehead atoms. The average molecular weight is 364 g/mol. The van der Waals surface area contributed by atoms with Gasteiger partial charge in [-0.1, -0.05) is 29.8 Å². The van der Waals surface area contributed by atoms with Gasteiger partial charge in [0.25, 0.3) is 5.91 Å². The number of esters is 1. The summed E-state index contributed by atoms with van der Waals surface area (Å²) >= 11 is 6.13. The van der Waals surface area contributed by atoms with Gasteiger partial charge in [0.05, 0.1) is 24.9 Å². The van der Waals surface area contributed by atoms with E-state index in [4.69, 9.17) is 21.1 Å². The summed E-state index contributed by atoms with van der Waals surface area (Å²) in [5, 5.41) is 2.82. The first kappa shape index (κ1) is 18.6. The number of carbonyl (C=O) groups is 2. The number of amides is 1. The zero-order chi connectivity index (χ0) is 18.4. The first-order chi connectivity index (χ1) is 12.0. The summed E-state index contributed by atoms with van der Waals surface area (Å²) < 4.78 is 15.3. The molecule has 7 heteroatoms. The van der Waals surface area contributed by atoms with Crippen molar-refractivity contribution in [3.05, 3.63) is 52.5 Å². The standard InChI is InChI=1S/C18H18ClNO5/c1-11-6-4-5-7-15(11)25-10-17(21)20-14-9-16(23-2)12(8-13(14)19)18(22)24-3/h4-9H,10H2,1-3H3,(H,20,21). The molecule has 132 valence electrons. The first-order valence-electron chi connectivity index (χ1n) is 7.40. The Morgan fingerprint density at radius 2 is 1.84 bits per heavy atom. The van der Waals surface area contributed by atoms with E-state index >= 15 is 0 Å². The van der Waals surface area contributed by atoms with Gasteiger partial charge in [-0.3, -0.25) is 4.79 Å². The van der Waals surface area contributed by atoms with Crippen LogP contribution in [0.3, 0.4) is 0 Å². The van der Waals surface area contributed by atoms with Crippen molar-refractivity contribution in [3.8, 4) is 11.5 Å². The second-order valence-corrected chi connectivity index (χ2v) is 5.53. The number of benzene rings is 2. The number of para-hydroxylation sites is 1. The highest BCUT2D eigenvalue weighted by molar-refractivity contribution is 6.34. The van der Waals surface area contributed by atoms with E-state index in [1.165, 1.54) is 26.4 Å². The molecule has 0 spiro atoms. The summed E-state index contributed by atoms with van der Waals surface area (Å²) in [5.41, 5.74) is 1.41. The molecule has 0 aliphatic carbocycles. The summed E-state index contributed by atoms with van der Waals surface area (Å²) in [6.45, 7) is 1.71. The fourth-order valence-corrected chi connectivity index (χ4v) is 2.35. The smallest absolute Gasteiger partial charge is 0.341 e.